The first-order valence-electron chi connectivity index (χ1n) is 5.91. The van der Waals surface area contributed by atoms with Crippen molar-refractivity contribution in [1.82, 2.24) is 9.80 Å². The number of carbonyl (C=O) groups excluding carboxylic acids is 2. The summed E-state index contributed by atoms with van der Waals surface area (Å²) in [6.07, 6.45) is 2.06. The molecule has 0 aromatic heterocycles. The summed E-state index contributed by atoms with van der Waals surface area (Å²) in [4.78, 5) is 27.4. The Morgan fingerprint density at radius 1 is 1.29 bits per heavy atom. The molecule has 96 valence electrons. The highest BCUT2D eigenvalue weighted by molar-refractivity contribution is 6.20. The van der Waals surface area contributed by atoms with Crippen molar-refractivity contribution in [1.29, 1.82) is 0 Å². The van der Waals surface area contributed by atoms with Crippen molar-refractivity contribution >= 4 is 11.7 Å². The molecule has 0 aliphatic carbocycles. The Balaban J connectivity index is 2.87. The molecule has 0 atom stereocenters. The van der Waals surface area contributed by atoms with Crippen LogP contribution in [0.15, 0.2) is 11.8 Å². The Morgan fingerprint density at radius 3 is 2.35 bits per heavy atom. The van der Waals surface area contributed by atoms with E-state index in [2.05, 4.69) is 20.8 Å². The minimum absolute atomic E-state index is 0.0474. The first-order chi connectivity index (χ1) is 7.70. The maximum absolute atomic E-state index is 12.2. The minimum atomic E-state index is -0.134. The zero-order valence-electron chi connectivity index (χ0n) is 11.4. The van der Waals surface area contributed by atoms with Crippen molar-refractivity contribution in [2.75, 3.05) is 27.2 Å². The molecule has 0 N–H and O–H groups in total. The largest absolute Gasteiger partial charge is 0.383 e. The number of piperidine rings is 1. The van der Waals surface area contributed by atoms with E-state index in [0.717, 1.165) is 0 Å². The Labute approximate surface area is 103 Å². The number of carbonyl (C=O) groups is 2. The van der Waals surface area contributed by atoms with Gasteiger partial charge in [0.15, 0.2) is 5.78 Å². The number of Topliss-reactive ketones (excluding diaryl/α,β-unsaturated/α-hetero) is 1. The van der Waals surface area contributed by atoms with Crippen LogP contribution in [0.1, 0.15) is 27.2 Å². The van der Waals surface area contributed by atoms with Crippen LogP contribution in [-0.4, -0.2) is 48.7 Å². The van der Waals surface area contributed by atoms with Crippen LogP contribution in [0.4, 0.5) is 0 Å². The van der Waals surface area contributed by atoms with Crippen molar-refractivity contribution in [3.05, 3.63) is 11.8 Å². The fourth-order valence-electron chi connectivity index (χ4n) is 1.87. The summed E-state index contributed by atoms with van der Waals surface area (Å²) in [5.74, 6) is -0.182. The van der Waals surface area contributed by atoms with Crippen molar-refractivity contribution in [2.45, 2.75) is 27.2 Å². The van der Waals surface area contributed by atoms with Crippen LogP contribution in [0.5, 0.6) is 0 Å². The van der Waals surface area contributed by atoms with Crippen LogP contribution in [0.3, 0.4) is 0 Å². The normalized spacial score (nSPS) is 20.1. The zero-order chi connectivity index (χ0) is 13.2. The van der Waals surface area contributed by atoms with Gasteiger partial charge >= 0.3 is 0 Å². The van der Waals surface area contributed by atoms with Gasteiger partial charge in [-0.3, -0.25) is 9.59 Å². The summed E-state index contributed by atoms with van der Waals surface area (Å²) in [5.41, 5.74) is 0.365. The molecule has 0 radical (unpaired) electrons. The van der Waals surface area contributed by atoms with Gasteiger partial charge in [0.2, 0.25) is 0 Å². The number of hydrogen-bond donors (Lipinski definition) is 0. The van der Waals surface area contributed by atoms with Gasteiger partial charge in [-0.2, -0.15) is 0 Å². The van der Waals surface area contributed by atoms with E-state index in [1.807, 2.05) is 14.1 Å². The predicted molar refractivity (Wildman–Crippen MR) is 67.4 cm³/mol. The standard InChI is InChI=1S/C13H22N2O2/c1-13(2,3)9-15-7-6-11(16)10(12(15)17)8-14(4)5/h8H,6-7,9H2,1-5H3. The minimum Gasteiger partial charge on any atom is -0.383 e. The van der Waals surface area contributed by atoms with E-state index < -0.39 is 0 Å². The smallest absolute Gasteiger partial charge is 0.258 e. The summed E-state index contributed by atoms with van der Waals surface area (Å²) in [6.45, 7) is 7.49. The molecular formula is C13H22N2O2. The molecule has 0 unspecified atom stereocenters. The lowest BCUT2D eigenvalue weighted by Crippen LogP contribution is -2.45. The second-order valence-electron chi connectivity index (χ2n) is 5.97. The number of nitrogens with zero attached hydrogens (tertiary/aromatic N) is 2. The van der Waals surface area contributed by atoms with Crippen molar-refractivity contribution < 1.29 is 9.59 Å². The highest BCUT2D eigenvalue weighted by Gasteiger charge is 2.31. The molecule has 1 aliphatic rings. The number of likely N-dealkylation sites (tertiary alicyclic amines) is 1. The van der Waals surface area contributed by atoms with E-state index in [9.17, 15) is 9.59 Å². The van der Waals surface area contributed by atoms with Crippen LogP contribution in [0.2, 0.25) is 0 Å². The highest BCUT2D eigenvalue weighted by atomic mass is 16.2. The average molecular weight is 238 g/mol. The molecule has 0 aromatic carbocycles. The monoisotopic (exact) mass is 238 g/mol. The van der Waals surface area contributed by atoms with E-state index in [1.54, 1.807) is 16.0 Å². The maximum Gasteiger partial charge on any atom is 0.258 e. The van der Waals surface area contributed by atoms with Gasteiger partial charge in [0.1, 0.15) is 0 Å². The third-order valence-electron chi connectivity index (χ3n) is 2.48. The van der Waals surface area contributed by atoms with Gasteiger partial charge in [-0.25, -0.2) is 0 Å². The number of rotatable bonds is 2. The Morgan fingerprint density at radius 2 is 1.88 bits per heavy atom. The van der Waals surface area contributed by atoms with Gasteiger partial charge in [-0.1, -0.05) is 20.8 Å². The lowest BCUT2D eigenvalue weighted by molar-refractivity contribution is -0.134. The molecule has 4 nitrogen and oxygen atoms in total. The molecule has 1 rings (SSSR count). The van der Waals surface area contributed by atoms with Gasteiger partial charge in [-0.05, 0) is 5.41 Å². The molecule has 17 heavy (non-hydrogen) atoms. The average Bonchev–Trinajstić information content (AvgIpc) is 2.15. The maximum atomic E-state index is 12.2. The lowest BCUT2D eigenvalue weighted by Gasteiger charge is -2.33. The molecule has 1 aliphatic heterocycles. The third kappa shape index (κ3) is 3.88. The van der Waals surface area contributed by atoms with Gasteiger partial charge in [0.05, 0.1) is 5.57 Å². The second kappa shape index (κ2) is 4.90. The fraction of sp³-hybridized carbons (Fsp3) is 0.692. The molecular weight excluding hydrogens is 216 g/mol. The van der Waals surface area contributed by atoms with Crippen LogP contribution in [-0.2, 0) is 9.59 Å². The van der Waals surface area contributed by atoms with E-state index in [4.69, 9.17) is 0 Å². The molecule has 4 heteroatoms. The Kier molecular flexibility index (Phi) is 3.96. The molecule has 1 heterocycles. The molecule has 0 saturated carbocycles. The highest BCUT2D eigenvalue weighted by Crippen LogP contribution is 2.21. The van der Waals surface area contributed by atoms with Crippen molar-refractivity contribution in [2.24, 2.45) is 5.41 Å². The SMILES string of the molecule is CN(C)C=C1C(=O)CCN(CC(C)(C)C)C1=O. The van der Waals surface area contributed by atoms with Crippen LogP contribution < -0.4 is 0 Å². The fourth-order valence-corrected chi connectivity index (χ4v) is 1.87. The summed E-state index contributed by atoms with van der Waals surface area (Å²) < 4.78 is 0. The Bertz CT molecular complexity index is 351. The molecule has 1 amide bonds. The van der Waals surface area contributed by atoms with E-state index >= 15 is 0 Å². The van der Waals surface area contributed by atoms with E-state index in [-0.39, 0.29) is 17.1 Å². The zero-order valence-corrected chi connectivity index (χ0v) is 11.4. The molecule has 0 aromatic rings. The number of ketones is 1. The van der Waals surface area contributed by atoms with Gasteiger partial charge < -0.3 is 9.80 Å². The van der Waals surface area contributed by atoms with E-state index in [1.165, 1.54) is 0 Å². The van der Waals surface area contributed by atoms with Gasteiger partial charge in [-0.15, -0.1) is 0 Å². The first-order valence-corrected chi connectivity index (χ1v) is 5.91. The Hall–Kier alpha value is -1.32. The molecule has 1 saturated heterocycles. The summed E-state index contributed by atoms with van der Waals surface area (Å²) in [5, 5.41) is 0. The van der Waals surface area contributed by atoms with Crippen LogP contribution in [0.25, 0.3) is 0 Å². The van der Waals surface area contributed by atoms with Crippen LogP contribution >= 0.6 is 0 Å². The third-order valence-corrected chi connectivity index (χ3v) is 2.48. The predicted octanol–water partition coefficient (Wildman–Crippen LogP) is 1.28. The summed E-state index contributed by atoms with van der Waals surface area (Å²) in [6, 6.07) is 0. The topological polar surface area (TPSA) is 40.6 Å². The number of amides is 1. The number of hydrogen-bond acceptors (Lipinski definition) is 3. The van der Waals surface area contributed by atoms with Crippen molar-refractivity contribution in [3.63, 3.8) is 0 Å². The van der Waals surface area contributed by atoms with Crippen LogP contribution in [0, 0.1) is 5.41 Å². The molecule has 1 fully saturated rings. The van der Waals surface area contributed by atoms with Crippen molar-refractivity contribution in [3.8, 4) is 0 Å². The summed E-state index contributed by atoms with van der Waals surface area (Å²) in [7, 11) is 3.63. The second-order valence-corrected chi connectivity index (χ2v) is 5.97. The summed E-state index contributed by atoms with van der Waals surface area (Å²) >= 11 is 0. The van der Waals surface area contributed by atoms with Gasteiger partial charge in [0, 0.05) is 39.8 Å². The quantitative estimate of drug-likeness (QED) is 0.537. The molecule has 0 spiro atoms. The lowest BCUT2D eigenvalue weighted by atomic mass is 9.93. The molecule has 0 bridgehead atoms. The first kappa shape index (κ1) is 13.7. The van der Waals surface area contributed by atoms with E-state index in [0.29, 0.717) is 25.1 Å². The van der Waals surface area contributed by atoms with Gasteiger partial charge in [0.25, 0.3) is 5.91 Å².